The average Bonchev–Trinajstić information content (AvgIpc) is 2.56. The lowest BCUT2D eigenvalue weighted by atomic mass is 10.2. The first-order chi connectivity index (χ1) is 8.88. The number of carbonyl (C=O) groups is 2. The van der Waals surface area contributed by atoms with Gasteiger partial charge in [-0.05, 0) is 0 Å². The second kappa shape index (κ2) is 4.67. The van der Waals surface area contributed by atoms with E-state index < -0.39 is 6.04 Å². The van der Waals surface area contributed by atoms with Crippen LogP contribution < -0.4 is 16.0 Å². The molecule has 1 aliphatic heterocycles. The third kappa shape index (κ3) is 2.54. The van der Waals surface area contributed by atoms with Crippen LogP contribution in [0.1, 0.15) is 6.42 Å². The molecular weight excluding hydrogens is 250 g/mol. The number of amides is 2. The lowest BCUT2D eigenvalue weighted by Gasteiger charge is -2.14. The summed E-state index contributed by atoms with van der Waals surface area (Å²) < 4.78 is 0. The van der Waals surface area contributed by atoms with Crippen molar-refractivity contribution >= 4 is 29.7 Å². The smallest absolute Gasteiger partial charge is 0.252 e. The molecule has 9 nitrogen and oxygen atoms in total. The van der Waals surface area contributed by atoms with Gasteiger partial charge in [-0.15, -0.1) is 0 Å². The maximum atomic E-state index is 11.8. The van der Waals surface area contributed by atoms with Crippen molar-refractivity contribution in [2.24, 2.45) is 0 Å². The molecule has 0 aromatic carbocycles. The Morgan fingerprint density at radius 2 is 2.00 bits per heavy atom. The third-order valence-corrected chi connectivity index (χ3v) is 2.73. The molecule has 0 radical (unpaired) electrons. The standard InChI is InChI=1S/C10H15N7O2/c1-16(2)10-14-8(11)13-9(15-10)12-5-4-6(18)17(3)7(5)19/h5H,4H2,1-3H3,(H3,11,12,13,14,15). The first-order valence-corrected chi connectivity index (χ1v) is 5.64. The minimum atomic E-state index is -0.658. The number of anilines is 3. The summed E-state index contributed by atoms with van der Waals surface area (Å²) in [5, 5.41) is 2.81. The molecule has 1 aromatic rings. The summed E-state index contributed by atoms with van der Waals surface area (Å²) in [6, 6.07) is -0.658. The lowest BCUT2D eigenvalue weighted by molar-refractivity contribution is -0.136. The summed E-state index contributed by atoms with van der Waals surface area (Å²) in [6.07, 6.45) is 0.0816. The molecule has 19 heavy (non-hydrogen) atoms. The van der Waals surface area contributed by atoms with Gasteiger partial charge in [-0.25, -0.2) is 0 Å². The maximum absolute atomic E-state index is 11.8. The number of rotatable bonds is 3. The minimum absolute atomic E-state index is 0.0475. The maximum Gasteiger partial charge on any atom is 0.252 e. The van der Waals surface area contributed by atoms with Crippen LogP contribution in [0.5, 0.6) is 0 Å². The predicted molar refractivity (Wildman–Crippen MR) is 68.4 cm³/mol. The number of likely N-dealkylation sites (N-methyl/N-ethyl adjacent to an activating group) is 1. The van der Waals surface area contributed by atoms with Crippen molar-refractivity contribution in [2.75, 3.05) is 37.1 Å². The molecule has 0 aliphatic carbocycles. The molecule has 0 bridgehead atoms. The molecular formula is C10H15N7O2. The lowest BCUT2D eigenvalue weighted by Crippen LogP contribution is -2.32. The normalized spacial score (nSPS) is 18.9. The van der Waals surface area contributed by atoms with Crippen LogP contribution in [0.4, 0.5) is 17.8 Å². The summed E-state index contributed by atoms with van der Waals surface area (Å²) in [4.78, 5) is 37.8. The molecule has 9 heteroatoms. The van der Waals surface area contributed by atoms with Crippen LogP contribution in [0, 0.1) is 0 Å². The SMILES string of the molecule is CN1C(=O)CC(Nc2nc(N)nc(N(C)C)n2)C1=O. The van der Waals surface area contributed by atoms with Crippen LogP contribution in [0.3, 0.4) is 0 Å². The van der Waals surface area contributed by atoms with Crippen molar-refractivity contribution < 1.29 is 9.59 Å². The van der Waals surface area contributed by atoms with Crippen molar-refractivity contribution in [2.45, 2.75) is 12.5 Å². The fraction of sp³-hybridized carbons (Fsp3) is 0.500. The summed E-state index contributed by atoms with van der Waals surface area (Å²) in [6.45, 7) is 0. The Morgan fingerprint density at radius 3 is 2.53 bits per heavy atom. The Labute approximate surface area is 109 Å². The third-order valence-electron chi connectivity index (χ3n) is 2.73. The molecule has 1 atom stereocenters. The molecule has 3 N–H and O–H groups in total. The summed E-state index contributed by atoms with van der Waals surface area (Å²) in [5.41, 5.74) is 5.57. The number of nitrogen functional groups attached to an aromatic ring is 1. The highest BCUT2D eigenvalue weighted by molar-refractivity contribution is 6.06. The molecule has 0 saturated carbocycles. The molecule has 2 amide bonds. The molecule has 1 saturated heterocycles. The van der Waals surface area contributed by atoms with Crippen molar-refractivity contribution in [1.29, 1.82) is 0 Å². The summed E-state index contributed by atoms with van der Waals surface area (Å²) in [5.74, 6) is 0.0526. The van der Waals surface area contributed by atoms with Gasteiger partial charge in [-0.3, -0.25) is 14.5 Å². The van der Waals surface area contributed by atoms with Crippen LogP contribution in [0.15, 0.2) is 0 Å². The Morgan fingerprint density at radius 1 is 1.32 bits per heavy atom. The Kier molecular flexibility index (Phi) is 3.19. The highest BCUT2D eigenvalue weighted by Crippen LogP contribution is 2.16. The van der Waals surface area contributed by atoms with Gasteiger partial charge in [0, 0.05) is 21.1 Å². The fourth-order valence-electron chi connectivity index (χ4n) is 1.67. The largest absolute Gasteiger partial charge is 0.368 e. The number of hydrogen-bond donors (Lipinski definition) is 2. The zero-order valence-corrected chi connectivity index (χ0v) is 10.9. The van der Waals surface area contributed by atoms with E-state index in [0.29, 0.717) is 5.95 Å². The quantitative estimate of drug-likeness (QED) is 0.647. The van der Waals surface area contributed by atoms with Crippen LogP contribution in [0.2, 0.25) is 0 Å². The van der Waals surface area contributed by atoms with Gasteiger partial charge >= 0.3 is 0 Å². The number of imide groups is 1. The Balaban J connectivity index is 2.20. The van der Waals surface area contributed by atoms with E-state index in [1.807, 2.05) is 0 Å². The minimum Gasteiger partial charge on any atom is -0.368 e. The highest BCUT2D eigenvalue weighted by Gasteiger charge is 2.36. The Hall–Kier alpha value is -2.45. The average molecular weight is 265 g/mol. The van der Waals surface area contributed by atoms with E-state index in [9.17, 15) is 9.59 Å². The first-order valence-electron chi connectivity index (χ1n) is 5.64. The number of nitrogens with two attached hydrogens (primary N) is 1. The van der Waals surface area contributed by atoms with Gasteiger partial charge in [0.05, 0.1) is 6.42 Å². The van der Waals surface area contributed by atoms with Crippen molar-refractivity contribution in [3.05, 3.63) is 0 Å². The van der Waals surface area contributed by atoms with Crippen LogP contribution >= 0.6 is 0 Å². The van der Waals surface area contributed by atoms with E-state index >= 15 is 0 Å². The van der Waals surface area contributed by atoms with Gasteiger partial charge in [0.25, 0.3) is 5.91 Å². The predicted octanol–water partition coefficient (Wildman–Crippen LogP) is -1.31. The van der Waals surface area contributed by atoms with Crippen molar-refractivity contribution in [1.82, 2.24) is 19.9 Å². The number of aromatic nitrogens is 3. The van der Waals surface area contributed by atoms with E-state index in [-0.39, 0.29) is 30.1 Å². The van der Waals surface area contributed by atoms with E-state index in [1.165, 1.54) is 7.05 Å². The van der Waals surface area contributed by atoms with Gasteiger partial charge in [0.1, 0.15) is 6.04 Å². The molecule has 1 aliphatic rings. The second-order valence-corrected chi connectivity index (χ2v) is 4.40. The van der Waals surface area contributed by atoms with Crippen molar-refractivity contribution in [3.8, 4) is 0 Å². The van der Waals surface area contributed by atoms with Crippen LogP contribution in [0.25, 0.3) is 0 Å². The van der Waals surface area contributed by atoms with E-state index in [0.717, 1.165) is 4.90 Å². The van der Waals surface area contributed by atoms with Gasteiger partial charge in [0.15, 0.2) is 0 Å². The van der Waals surface area contributed by atoms with E-state index in [4.69, 9.17) is 5.73 Å². The summed E-state index contributed by atoms with van der Waals surface area (Å²) >= 11 is 0. The van der Waals surface area contributed by atoms with Crippen LogP contribution in [-0.2, 0) is 9.59 Å². The molecule has 0 spiro atoms. The van der Waals surface area contributed by atoms with Crippen LogP contribution in [-0.4, -0.2) is 58.9 Å². The zero-order chi connectivity index (χ0) is 14.2. The summed E-state index contributed by atoms with van der Waals surface area (Å²) in [7, 11) is 4.96. The Bertz CT molecular complexity index is 531. The number of likely N-dealkylation sites (tertiary alicyclic amines) is 1. The molecule has 1 unspecified atom stereocenters. The first kappa shape index (κ1) is 13.0. The molecule has 2 rings (SSSR count). The van der Waals surface area contributed by atoms with Gasteiger partial charge in [0.2, 0.25) is 23.8 Å². The second-order valence-electron chi connectivity index (χ2n) is 4.40. The topological polar surface area (TPSA) is 117 Å². The van der Waals surface area contributed by atoms with E-state index in [2.05, 4.69) is 20.3 Å². The zero-order valence-electron chi connectivity index (χ0n) is 10.9. The van der Waals surface area contributed by atoms with Gasteiger partial charge < -0.3 is 16.0 Å². The number of hydrogen-bond acceptors (Lipinski definition) is 8. The molecule has 2 heterocycles. The number of nitrogens with one attached hydrogen (secondary N) is 1. The molecule has 1 aromatic heterocycles. The van der Waals surface area contributed by atoms with Crippen molar-refractivity contribution in [3.63, 3.8) is 0 Å². The van der Waals surface area contributed by atoms with Gasteiger partial charge in [-0.1, -0.05) is 0 Å². The monoisotopic (exact) mass is 265 g/mol. The fourth-order valence-corrected chi connectivity index (χ4v) is 1.67. The van der Waals surface area contributed by atoms with Gasteiger partial charge in [-0.2, -0.15) is 15.0 Å². The highest BCUT2D eigenvalue weighted by atomic mass is 16.2. The number of carbonyl (C=O) groups excluding carboxylic acids is 2. The molecule has 1 fully saturated rings. The molecule has 102 valence electrons. The number of nitrogens with zero attached hydrogens (tertiary/aromatic N) is 5. The van der Waals surface area contributed by atoms with E-state index in [1.54, 1.807) is 19.0 Å².